The summed E-state index contributed by atoms with van der Waals surface area (Å²) in [4.78, 5) is 0. The van der Waals surface area contributed by atoms with Crippen molar-refractivity contribution in [1.29, 1.82) is 0 Å². The lowest BCUT2D eigenvalue weighted by molar-refractivity contribution is 0.352. The highest BCUT2D eigenvalue weighted by Crippen LogP contribution is 2.19. The minimum absolute atomic E-state index is 0.0669. The Hall–Kier alpha value is 0.200. The van der Waals surface area contributed by atoms with E-state index in [0.717, 1.165) is 6.42 Å². The molecule has 0 saturated heterocycles. The van der Waals surface area contributed by atoms with E-state index >= 15 is 0 Å². The van der Waals surface area contributed by atoms with E-state index < -0.39 is 10.0 Å². The van der Waals surface area contributed by atoms with Crippen LogP contribution in [-0.4, -0.2) is 26.6 Å². The summed E-state index contributed by atoms with van der Waals surface area (Å²) in [6.07, 6.45) is 1.45. The van der Waals surface area contributed by atoms with Gasteiger partial charge < -0.3 is 0 Å². The van der Waals surface area contributed by atoms with E-state index in [1.807, 2.05) is 20.8 Å². The zero-order valence-electron chi connectivity index (χ0n) is 9.14. The van der Waals surface area contributed by atoms with Crippen molar-refractivity contribution in [3.05, 3.63) is 0 Å². The molecule has 0 spiro atoms. The van der Waals surface area contributed by atoms with E-state index in [1.165, 1.54) is 0 Å². The molecule has 5 heteroatoms. The molecule has 1 N–H and O–H groups in total. The van der Waals surface area contributed by atoms with E-state index in [0.29, 0.717) is 18.8 Å². The summed E-state index contributed by atoms with van der Waals surface area (Å²) in [6.45, 7) is 6.32. The number of halogens is 1. The van der Waals surface area contributed by atoms with Gasteiger partial charge in [-0.1, -0.05) is 20.8 Å². The lowest BCUT2D eigenvalue weighted by atomic mass is 9.91. The first-order valence-corrected chi connectivity index (χ1v) is 7.05. The van der Waals surface area contributed by atoms with Crippen LogP contribution in [0.3, 0.4) is 0 Å². The molecule has 0 radical (unpaired) electrons. The topological polar surface area (TPSA) is 46.2 Å². The van der Waals surface area contributed by atoms with Gasteiger partial charge in [0.25, 0.3) is 0 Å². The number of hydrogen-bond acceptors (Lipinski definition) is 2. The maximum absolute atomic E-state index is 11.3. The van der Waals surface area contributed by atoms with Crippen LogP contribution in [-0.2, 0) is 10.0 Å². The van der Waals surface area contributed by atoms with Crippen LogP contribution in [0, 0.1) is 5.41 Å². The predicted octanol–water partition coefficient (Wildman–Crippen LogP) is 1.97. The highest BCUT2D eigenvalue weighted by molar-refractivity contribution is 7.89. The second kappa shape index (κ2) is 5.93. The molecule has 3 nitrogen and oxygen atoms in total. The monoisotopic (exact) mass is 241 g/mol. The van der Waals surface area contributed by atoms with Gasteiger partial charge in [0.15, 0.2) is 0 Å². The zero-order valence-corrected chi connectivity index (χ0v) is 10.7. The first kappa shape index (κ1) is 14.2. The molecule has 0 heterocycles. The molecule has 0 fully saturated rings. The fourth-order valence-corrected chi connectivity index (χ4v) is 2.79. The Bertz CT molecular complexity index is 250. The smallest absolute Gasteiger partial charge is 0.211 e. The molecule has 86 valence electrons. The molecule has 0 aliphatic rings. The van der Waals surface area contributed by atoms with E-state index in [2.05, 4.69) is 4.72 Å². The van der Waals surface area contributed by atoms with Gasteiger partial charge in [-0.3, -0.25) is 0 Å². The first-order valence-electron chi connectivity index (χ1n) is 4.86. The van der Waals surface area contributed by atoms with Crippen LogP contribution in [0.15, 0.2) is 0 Å². The van der Waals surface area contributed by atoms with E-state index in [9.17, 15) is 8.42 Å². The Kier molecular flexibility index (Phi) is 6.02. The summed E-state index contributed by atoms with van der Waals surface area (Å²) >= 11 is 5.62. The summed E-state index contributed by atoms with van der Waals surface area (Å²) in [5.41, 5.74) is -0.0669. The van der Waals surface area contributed by atoms with Gasteiger partial charge in [0.1, 0.15) is 0 Å². The summed E-state index contributed by atoms with van der Waals surface area (Å²) < 4.78 is 25.3. The summed E-state index contributed by atoms with van der Waals surface area (Å²) in [5, 5.41) is 0. The number of sulfonamides is 1. The average molecular weight is 242 g/mol. The number of rotatable bonds is 7. The third-order valence-corrected chi connectivity index (χ3v) is 3.73. The Labute approximate surface area is 92.3 Å². The minimum atomic E-state index is -3.08. The fraction of sp³-hybridized carbons (Fsp3) is 1.00. The van der Waals surface area contributed by atoms with Gasteiger partial charge in [0, 0.05) is 12.4 Å². The molecule has 0 amide bonds. The lowest BCUT2D eigenvalue weighted by Crippen LogP contribution is -2.35. The minimum Gasteiger partial charge on any atom is -0.215 e. The summed E-state index contributed by atoms with van der Waals surface area (Å²) in [5.74, 6) is 0.756. The highest BCUT2D eigenvalue weighted by atomic mass is 35.5. The predicted molar refractivity (Wildman–Crippen MR) is 61.2 cm³/mol. The van der Waals surface area contributed by atoms with Crippen LogP contribution < -0.4 is 4.72 Å². The van der Waals surface area contributed by atoms with Crippen molar-refractivity contribution < 1.29 is 8.42 Å². The van der Waals surface area contributed by atoms with E-state index in [1.54, 1.807) is 0 Å². The zero-order chi connectivity index (χ0) is 11.2. The quantitative estimate of drug-likeness (QED) is 0.693. The van der Waals surface area contributed by atoms with Crippen molar-refractivity contribution in [3.63, 3.8) is 0 Å². The molecule has 0 unspecified atom stereocenters. The normalized spacial score (nSPS) is 13.1. The number of nitrogens with one attached hydrogen (secondary N) is 1. The lowest BCUT2D eigenvalue weighted by Gasteiger charge is -2.23. The first-order chi connectivity index (χ1) is 6.33. The van der Waals surface area contributed by atoms with Crippen LogP contribution in [0.25, 0.3) is 0 Å². The van der Waals surface area contributed by atoms with Crippen molar-refractivity contribution in [3.8, 4) is 0 Å². The highest BCUT2D eigenvalue weighted by Gasteiger charge is 2.19. The molecule has 0 aromatic heterocycles. The molecule has 14 heavy (non-hydrogen) atoms. The summed E-state index contributed by atoms with van der Waals surface area (Å²) in [7, 11) is -3.08. The standard InChI is InChI=1S/C9H20ClNO2S/c1-4-7-14(12,13)11-8-9(2,3)5-6-10/h11H,4-8H2,1-3H3. The van der Waals surface area contributed by atoms with Gasteiger partial charge in [-0.25, -0.2) is 13.1 Å². The molecular formula is C9H20ClNO2S. The molecule has 0 saturated carbocycles. The van der Waals surface area contributed by atoms with Crippen molar-refractivity contribution >= 4 is 21.6 Å². The van der Waals surface area contributed by atoms with Crippen LogP contribution in [0.4, 0.5) is 0 Å². The average Bonchev–Trinajstić information content (AvgIpc) is 2.01. The largest absolute Gasteiger partial charge is 0.215 e. The number of hydrogen-bond donors (Lipinski definition) is 1. The molecule has 0 aromatic carbocycles. The van der Waals surface area contributed by atoms with Gasteiger partial charge in [-0.2, -0.15) is 0 Å². The second-order valence-corrected chi connectivity index (χ2v) is 6.55. The SMILES string of the molecule is CCCS(=O)(=O)NCC(C)(C)CCCl. The molecule has 0 atom stereocenters. The fourth-order valence-electron chi connectivity index (χ4n) is 0.990. The van der Waals surface area contributed by atoms with Crippen molar-refractivity contribution in [2.45, 2.75) is 33.6 Å². The Morgan fingerprint density at radius 3 is 2.36 bits per heavy atom. The third kappa shape index (κ3) is 6.62. The van der Waals surface area contributed by atoms with Crippen LogP contribution in [0.2, 0.25) is 0 Å². The molecule has 0 aromatic rings. The molecular weight excluding hydrogens is 222 g/mol. The van der Waals surface area contributed by atoms with Crippen molar-refractivity contribution in [1.82, 2.24) is 4.72 Å². The molecule has 0 aliphatic carbocycles. The maximum Gasteiger partial charge on any atom is 0.211 e. The van der Waals surface area contributed by atoms with Gasteiger partial charge in [0.05, 0.1) is 5.75 Å². The van der Waals surface area contributed by atoms with Crippen LogP contribution in [0.5, 0.6) is 0 Å². The second-order valence-electron chi connectivity index (χ2n) is 4.24. The van der Waals surface area contributed by atoms with Crippen LogP contribution >= 0.6 is 11.6 Å². The van der Waals surface area contributed by atoms with Crippen LogP contribution in [0.1, 0.15) is 33.6 Å². The summed E-state index contributed by atoms with van der Waals surface area (Å²) in [6, 6.07) is 0. The molecule has 0 bridgehead atoms. The third-order valence-electron chi connectivity index (χ3n) is 2.01. The Morgan fingerprint density at radius 2 is 1.93 bits per heavy atom. The van der Waals surface area contributed by atoms with Gasteiger partial charge in [0.2, 0.25) is 10.0 Å². The maximum atomic E-state index is 11.3. The number of alkyl halides is 1. The Morgan fingerprint density at radius 1 is 1.36 bits per heavy atom. The van der Waals surface area contributed by atoms with Crippen molar-refractivity contribution in [2.24, 2.45) is 5.41 Å². The van der Waals surface area contributed by atoms with Gasteiger partial charge in [-0.05, 0) is 18.3 Å². The van der Waals surface area contributed by atoms with E-state index in [-0.39, 0.29) is 11.2 Å². The van der Waals surface area contributed by atoms with E-state index in [4.69, 9.17) is 11.6 Å². The molecule has 0 aliphatic heterocycles. The van der Waals surface area contributed by atoms with Gasteiger partial charge in [-0.15, -0.1) is 11.6 Å². The van der Waals surface area contributed by atoms with Gasteiger partial charge >= 0.3 is 0 Å². The molecule has 0 rings (SSSR count). The van der Waals surface area contributed by atoms with Crippen molar-refractivity contribution in [2.75, 3.05) is 18.2 Å². The Balaban J connectivity index is 4.04.